The Hall–Kier alpha value is -3.41. The Morgan fingerprint density at radius 3 is 2.41 bits per heavy atom. The summed E-state index contributed by atoms with van der Waals surface area (Å²) in [6, 6.07) is 3.45. The van der Waals surface area contributed by atoms with Crippen molar-refractivity contribution in [3.63, 3.8) is 0 Å². The van der Waals surface area contributed by atoms with Crippen molar-refractivity contribution in [3.05, 3.63) is 40.5 Å². The SMILES string of the molecule is COc1ncnc(OC)c1C(=O)Nc1nc2c(s1)C(C)(C)Nc1cc(C(F)(F)F)ccc1-2. The Morgan fingerprint density at radius 1 is 1.16 bits per heavy atom. The van der Waals surface area contributed by atoms with E-state index in [1.165, 1.54) is 38.0 Å². The van der Waals surface area contributed by atoms with Gasteiger partial charge in [0.15, 0.2) is 10.7 Å². The highest BCUT2D eigenvalue weighted by atomic mass is 32.1. The molecule has 3 aromatic rings. The largest absolute Gasteiger partial charge is 0.480 e. The molecule has 1 aliphatic heterocycles. The van der Waals surface area contributed by atoms with Crippen LogP contribution in [-0.4, -0.2) is 35.1 Å². The molecular weight excluding hydrogens is 447 g/mol. The van der Waals surface area contributed by atoms with E-state index in [0.29, 0.717) is 16.9 Å². The summed E-state index contributed by atoms with van der Waals surface area (Å²) in [6.07, 6.45) is -3.25. The molecule has 3 heterocycles. The van der Waals surface area contributed by atoms with Gasteiger partial charge >= 0.3 is 6.18 Å². The molecule has 0 bridgehead atoms. The molecule has 0 aliphatic carbocycles. The van der Waals surface area contributed by atoms with Crippen LogP contribution in [0.5, 0.6) is 11.8 Å². The highest BCUT2D eigenvalue weighted by Gasteiger charge is 2.37. The van der Waals surface area contributed by atoms with Crippen molar-refractivity contribution < 1.29 is 27.4 Å². The first-order chi connectivity index (χ1) is 15.0. The highest BCUT2D eigenvalue weighted by Crippen LogP contribution is 2.48. The number of benzene rings is 1. The summed E-state index contributed by atoms with van der Waals surface area (Å²) in [5.41, 5.74) is -0.129. The minimum Gasteiger partial charge on any atom is -0.480 e. The number of rotatable bonds is 4. The zero-order valence-corrected chi connectivity index (χ0v) is 18.2. The van der Waals surface area contributed by atoms with E-state index >= 15 is 0 Å². The molecule has 4 rings (SSSR count). The van der Waals surface area contributed by atoms with Crippen molar-refractivity contribution in [1.82, 2.24) is 15.0 Å². The number of nitrogens with zero attached hydrogens (tertiary/aromatic N) is 3. The van der Waals surface area contributed by atoms with Gasteiger partial charge in [-0.15, -0.1) is 0 Å². The molecule has 32 heavy (non-hydrogen) atoms. The lowest BCUT2D eigenvalue weighted by molar-refractivity contribution is -0.137. The van der Waals surface area contributed by atoms with E-state index in [4.69, 9.17) is 9.47 Å². The normalized spacial score (nSPS) is 14.1. The van der Waals surface area contributed by atoms with Crippen molar-refractivity contribution in [3.8, 4) is 23.0 Å². The zero-order chi connectivity index (χ0) is 23.3. The third-order valence-corrected chi connectivity index (χ3v) is 6.15. The molecular formula is C20H18F3N5O3S. The van der Waals surface area contributed by atoms with Gasteiger partial charge in [-0.2, -0.15) is 13.2 Å². The molecule has 1 aromatic carbocycles. The summed E-state index contributed by atoms with van der Waals surface area (Å²) in [5, 5.41) is 6.09. The van der Waals surface area contributed by atoms with E-state index in [-0.39, 0.29) is 22.5 Å². The van der Waals surface area contributed by atoms with E-state index < -0.39 is 23.2 Å². The topological polar surface area (TPSA) is 98.3 Å². The van der Waals surface area contributed by atoms with Crippen LogP contribution in [0, 0.1) is 0 Å². The number of carbonyl (C=O) groups is 1. The second-order valence-corrected chi connectivity index (χ2v) is 8.43. The summed E-state index contributed by atoms with van der Waals surface area (Å²) in [6.45, 7) is 3.66. The maximum Gasteiger partial charge on any atom is 0.416 e. The zero-order valence-electron chi connectivity index (χ0n) is 17.4. The predicted molar refractivity (Wildman–Crippen MR) is 112 cm³/mol. The van der Waals surface area contributed by atoms with Crippen molar-refractivity contribution >= 4 is 28.1 Å². The number of ether oxygens (including phenoxy) is 2. The van der Waals surface area contributed by atoms with Crippen LogP contribution in [-0.2, 0) is 11.7 Å². The van der Waals surface area contributed by atoms with Crippen molar-refractivity contribution in [2.45, 2.75) is 25.6 Å². The summed E-state index contributed by atoms with van der Waals surface area (Å²) < 4.78 is 49.7. The fourth-order valence-electron chi connectivity index (χ4n) is 3.42. The second kappa shape index (κ2) is 7.62. The number of anilines is 2. The number of fused-ring (bicyclic) bond motifs is 3. The number of alkyl halides is 3. The van der Waals surface area contributed by atoms with Gasteiger partial charge in [-0.3, -0.25) is 10.1 Å². The smallest absolute Gasteiger partial charge is 0.416 e. The average molecular weight is 465 g/mol. The van der Waals surface area contributed by atoms with Crippen LogP contribution in [0.3, 0.4) is 0 Å². The molecule has 0 atom stereocenters. The van der Waals surface area contributed by atoms with E-state index in [2.05, 4.69) is 25.6 Å². The van der Waals surface area contributed by atoms with Crippen LogP contribution >= 0.6 is 11.3 Å². The number of hydrogen-bond acceptors (Lipinski definition) is 8. The predicted octanol–water partition coefficient (Wildman–Crippen LogP) is 4.55. The maximum absolute atomic E-state index is 13.2. The first-order valence-electron chi connectivity index (χ1n) is 9.30. The summed E-state index contributed by atoms with van der Waals surface area (Å²) in [5.74, 6) is -0.533. The summed E-state index contributed by atoms with van der Waals surface area (Å²) >= 11 is 1.22. The number of aromatic nitrogens is 3. The molecule has 0 fully saturated rings. The fourth-order valence-corrected chi connectivity index (χ4v) is 4.45. The first kappa shape index (κ1) is 21.8. The number of methoxy groups -OCH3 is 2. The molecule has 1 amide bonds. The van der Waals surface area contributed by atoms with Gasteiger partial charge < -0.3 is 14.8 Å². The molecule has 8 nitrogen and oxygen atoms in total. The van der Waals surface area contributed by atoms with Gasteiger partial charge in [-0.1, -0.05) is 17.4 Å². The van der Waals surface area contributed by atoms with Crippen molar-refractivity contribution in [2.24, 2.45) is 0 Å². The first-order valence-corrected chi connectivity index (χ1v) is 10.1. The average Bonchev–Trinajstić information content (AvgIpc) is 3.16. The molecule has 0 unspecified atom stereocenters. The molecule has 2 N–H and O–H groups in total. The lowest BCUT2D eigenvalue weighted by atomic mass is 9.91. The number of halogens is 3. The third-order valence-electron chi connectivity index (χ3n) is 4.86. The van der Waals surface area contributed by atoms with E-state index in [1.807, 2.05) is 13.8 Å². The second-order valence-electron chi connectivity index (χ2n) is 7.43. The van der Waals surface area contributed by atoms with Crippen LogP contribution < -0.4 is 20.1 Å². The molecule has 0 saturated heterocycles. The molecule has 0 spiro atoms. The van der Waals surface area contributed by atoms with Crippen LogP contribution in [0.4, 0.5) is 24.0 Å². The fraction of sp³-hybridized carbons (Fsp3) is 0.300. The maximum atomic E-state index is 13.2. The summed E-state index contributed by atoms with van der Waals surface area (Å²) in [7, 11) is 2.72. The van der Waals surface area contributed by atoms with E-state index in [1.54, 1.807) is 0 Å². The highest BCUT2D eigenvalue weighted by molar-refractivity contribution is 7.16. The van der Waals surface area contributed by atoms with Crippen molar-refractivity contribution in [2.75, 3.05) is 24.9 Å². The van der Waals surface area contributed by atoms with E-state index in [9.17, 15) is 18.0 Å². The number of amides is 1. The Labute approximate surface area is 184 Å². The van der Waals surface area contributed by atoms with Crippen LogP contribution in [0.15, 0.2) is 24.5 Å². The Morgan fingerprint density at radius 2 is 1.81 bits per heavy atom. The minimum absolute atomic E-state index is 0.00160. The van der Waals surface area contributed by atoms with Gasteiger partial charge in [0.25, 0.3) is 5.91 Å². The third kappa shape index (κ3) is 3.70. The van der Waals surface area contributed by atoms with Gasteiger partial charge in [0, 0.05) is 11.3 Å². The molecule has 0 saturated carbocycles. The number of thiazole rings is 1. The van der Waals surface area contributed by atoms with Gasteiger partial charge in [-0.25, -0.2) is 15.0 Å². The monoisotopic (exact) mass is 465 g/mol. The number of nitrogens with one attached hydrogen (secondary N) is 2. The molecule has 2 aromatic heterocycles. The Balaban J connectivity index is 1.73. The summed E-state index contributed by atoms with van der Waals surface area (Å²) in [4.78, 5) is 26.0. The van der Waals surface area contributed by atoms with E-state index in [0.717, 1.165) is 17.0 Å². The van der Waals surface area contributed by atoms with Crippen LogP contribution in [0.25, 0.3) is 11.3 Å². The molecule has 168 valence electrons. The van der Waals surface area contributed by atoms with Gasteiger partial charge in [0.2, 0.25) is 11.8 Å². The minimum atomic E-state index is -4.46. The Kier molecular flexibility index (Phi) is 5.19. The van der Waals surface area contributed by atoms with Crippen LogP contribution in [0.1, 0.15) is 34.6 Å². The van der Waals surface area contributed by atoms with Crippen LogP contribution in [0.2, 0.25) is 0 Å². The molecule has 0 radical (unpaired) electrons. The number of hydrogen-bond donors (Lipinski definition) is 2. The van der Waals surface area contributed by atoms with Gasteiger partial charge in [0.1, 0.15) is 6.33 Å². The van der Waals surface area contributed by atoms with Gasteiger partial charge in [-0.05, 0) is 26.0 Å². The molecule has 12 heteroatoms. The van der Waals surface area contributed by atoms with Gasteiger partial charge in [0.05, 0.1) is 35.9 Å². The molecule has 1 aliphatic rings. The quantitative estimate of drug-likeness (QED) is 0.583. The van der Waals surface area contributed by atoms with Crippen molar-refractivity contribution in [1.29, 1.82) is 0 Å². The number of carbonyl (C=O) groups excluding carboxylic acids is 1. The lowest BCUT2D eigenvalue weighted by Crippen LogP contribution is -2.30. The lowest BCUT2D eigenvalue weighted by Gasteiger charge is -2.33. The Bertz CT molecular complexity index is 1190. The standard InChI is InChI=1S/C20H18F3N5O3S/c1-19(2)14-13(10-6-5-9(20(21,22)23)7-11(10)28-19)26-18(32-14)27-15(29)12-16(30-3)24-8-25-17(12)31-4/h5-8,28H,1-4H3,(H,26,27,29).